The lowest BCUT2D eigenvalue weighted by molar-refractivity contribution is 0.704. The predicted molar refractivity (Wildman–Crippen MR) is 53.7 cm³/mol. The molecule has 1 aromatic heterocycles. The number of halogens is 1. The molecule has 1 aliphatic rings. The summed E-state index contributed by atoms with van der Waals surface area (Å²) < 4.78 is 1.61. The monoisotopic (exact) mass is 244 g/mol. The molecule has 0 radical (unpaired) electrons. The van der Waals surface area contributed by atoms with Crippen molar-refractivity contribution in [3.8, 4) is 0 Å². The van der Waals surface area contributed by atoms with Crippen LogP contribution in [0.2, 0.25) is 0 Å². The van der Waals surface area contributed by atoms with E-state index in [0.717, 1.165) is 14.9 Å². The summed E-state index contributed by atoms with van der Waals surface area (Å²) in [6.45, 7) is 2.20. The lowest BCUT2D eigenvalue weighted by Gasteiger charge is -2.06. The highest BCUT2D eigenvalue weighted by Crippen LogP contribution is 2.45. The molecule has 0 amide bonds. The Morgan fingerprint density at radius 1 is 1.67 bits per heavy atom. The maximum atomic E-state index is 5.09. The van der Waals surface area contributed by atoms with E-state index in [1.807, 2.05) is 0 Å². The van der Waals surface area contributed by atoms with Crippen molar-refractivity contribution < 1.29 is 0 Å². The first kappa shape index (κ1) is 8.38. The van der Waals surface area contributed by atoms with Crippen molar-refractivity contribution in [1.82, 2.24) is 9.97 Å². The highest BCUT2D eigenvalue weighted by atomic mass is 79.9. The van der Waals surface area contributed by atoms with E-state index < -0.39 is 0 Å². The molecule has 4 heteroatoms. The molecule has 0 atom stereocenters. The Morgan fingerprint density at radius 3 is 2.83 bits per heavy atom. The second-order valence-electron chi connectivity index (χ2n) is 3.47. The highest BCUT2D eigenvalue weighted by Gasteiger charge is 2.41. The molecule has 2 rings (SSSR count). The molecule has 12 heavy (non-hydrogen) atoms. The van der Waals surface area contributed by atoms with E-state index in [4.69, 9.17) is 12.2 Å². The van der Waals surface area contributed by atoms with Crippen LogP contribution in [0.15, 0.2) is 10.7 Å². The molecule has 64 valence electrons. The zero-order chi connectivity index (χ0) is 8.77. The quantitative estimate of drug-likeness (QED) is 0.770. The molecule has 0 aromatic carbocycles. The fourth-order valence-corrected chi connectivity index (χ4v) is 1.46. The minimum atomic E-state index is 0.272. The van der Waals surface area contributed by atoms with Crippen LogP contribution in [0, 0.1) is 4.64 Å². The molecule has 1 aliphatic carbocycles. The molecule has 0 unspecified atom stereocenters. The van der Waals surface area contributed by atoms with Crippen LogP contribution < -0.4 is 0 Å². The third-order valence-corrected chi connectivity index (χ3v) is 3.51. The number of rotatable bonds is 1. The number of aromatic nitrogens is 2. The van der Waals surface area contributed by atoms with Crippen LogP contribution in [0.3, 0.4) is 0 Å². The van der Waals surface area contributed by atoms with Crippen molar-refractivity contribution in [1.29, 1.82) is 0 Å². The van der Waals surface area contributed by atoms with E-state index >= 15 is 0 Å². The van der Waals surface area contributed by atoms with Gasteiger partial charge in [0.25, 0.3) is 0 Å². The van der Waals surface area contributed by atoms with Gasteiger partial charge in [0, 0.05) is 11.6 Å². The van der Waals surface area contributed by atoms with Crippen LogP contribution in [-0.4, -0.2) is 9.97 Å². The van der Waals surface area contributed by atoms with Gasteiger partial charge < -0.3 is 4.98 Å². The summed E-state index contributed by atoms with van der Waals surface area (Å²) >= 11 is 8.41. The normalized spacial score (nSPS) is 19.2. The van der Waals surface area contributed by atoms with Crippen LogP contribution in [-0.2, 0) is 5.41 Å². The highest BCUT2D eigenvalue weighted by molar-refractivity contribution is 9.10. The lowest BCUT2D eigenvalue weighted by atomic mass is 10.1. The van der Waals surface area contributed by atoms with Gasteiger partial charge in [0.15, 0.2) is 0 Å². The lowest BCUT2D eigenvalue weighted by Crippen LogP contribution is -2.06. The second-order valence-corrected chi connectivity index (χ2v) is 4.73. The minimum Gasteiger partial charge on any atom is -0.333 e. The predicted octanol–water partition coefficient (Wildman–Crippen LogP) is 2.95. The fourth-order valence-electron chi connectivity index (χ4n) is 1.11. The number of hydrogen-bond donors (Lipinski definition) is 1. The van der Waals surface area contributed by atoms with Crippen LogP contribution >= 0.6 is 28.1 Å². The Hall–Kier alpha value is -0.220. The fraction of sp³-hybridized carbons (Fsp3) is 0.500. The standard InChI is InChI=1S/C8H9BrN2S/c1-8(2-3-8)7-10-4-5(9)6(12)11-7/h4H,2-3H2,1H3,(H,10,11,12). The number of H-pyrrole nitrogens is 1. The SMILES string of the molecule is CC1(c2ncc(Br)c(=S)[nH]2)CC1. The number of aromatic amines is 1. The molecule has 0 aliphatic heterocycles. The number of nitrogens with zero attached hydrogens (tertiary/aromatic N) is 1. The van der Waals surface area contributed by atoms with Crippen molar-refractivity contribution in [2.24, 2.45) is 0 Å². The van der Waals surface area contributed by atoms with Crippen molar-refractivity contribution in [2.45, 2.75) is 25.2 Å². The summed E-state index contributed by atoms with van der Waals surface area (Å²) in [6, 6.07) is 0. The third kappa shape index (κ3) is 1.33. The summed E-state index contributed by atoms with van der Waals surface area (Å²) in [5.41, 5.74) is 0.272. The first-order chi connectivity index (χ1) is 5.62. The van der Waals surface area contributed by atoms with E-state index in [-0.39, 0.29) is 5.41 Å². The summed E-state index contributed by atoms with van der Waals surface area (Å²) in [5.74, 6) is 1.02. The average molecular weight is 245 g/mol. The Bertz CT molecular complexity index is 368. The third-order valence-electron chi connectivity index (χ3n) is 2.33. The molecule has 1 aromatic rings. The molecule has 1 fully saturated rings. The summed E-state index contributed by atoms with van der Waals surface area (Å²) in [4.78, 5) is 7.44. The van der Waals surface area contributed by atoms with Gasteiger partial charge in [0.05, 0.1) is 4.47 Å². The van der Waals surface area contributed by atoms with Gasteiger partial charge >= 0.3 is 0 Å². The van der Waals surface area contributed by atoms with E-state index in [1.165, 1.54) is 12.8 Å². The zero-order valence-electron chi connectivity index (χ0n) is 6.72. The zero-order valence-corrected chi connectivity index (χ0v) is 9.13. The van der Waals surface area contributed by atoms with Gasteiger partial charge in [-0.3, -0.25) is 0 Å². The summed E-state index contributed by atoms with van der Waals surface area (Å²) in [5, 5.41) is 0. The molecule has 2 nitrogen and oxygen atoms in total. The maximum Gasteiger partial charge on any atom is 0.120 e. The molecule has 1 N–H and O–H groups in total. The van der Waals surface area contributed by atoms with Crippen molar-refractivity contribution >= 4 is 28.1 Å². The molecular formula is C8H9BrN2S. The van der Waals surface area contributed by atoms with Crippen LogP contribution in [0.25, 0.3) is 0 Å². The van der Waals surface area contributed by atoms with Crippen molar-refractivity contribution in [3.05, 3.63) is 21.1 Å². The van der Waals surface area contributed by atoms with Gasteiger partial charge in [0.2, 0.25) is 0 Å². The molecule has 1 saturated carbocycles. The average Bonchev–Trinajstić information content (AvgIpc) is 2.75. The van der Waals surface area contributed by atoms with Gasteiger partial charge in [-0.25, -0.2) is 4.98 Å². The van der Waals surface area contributed by atoms with Gasteiger partial charge in [-0.15, -0.1) is 0 Å². The van der Waals surface area contributed by atoms with E-state index in [1.54, 1.807) is 6.20 Å². The summed E-state index contributed by atoms with van der Waals surface area (Å²) in [6.07, 6.45) is 4.21. The molecule has 1 heterocycles. The van der Waals surface area contributed by atoms with Gasteiger partial charge in [-0.2, -0.15) is 0 Å². The maximum absolute atomic E-state index is 5.09. The van der Waals surface area contributed by atoms with Gasteiger partial charge in [-0.1, -0.05) is 19.1 Å². The Morgan fingerprint density at radius 2 is 2.33 bits per heavy atom. The van der Waals surface area contributed by atoms with E-state index in [9.17, 15) is 0 Å². The van der Waals surface area contributed by atoms with Gasteiger partial charge in [-0.05, 0) is 28.8 Å². The Kier molecular flexibility index (Phi) is 1.84. The molecule has 0 saturated heterocycles. The first-order valence-corrected chi connectivity index (χ1v) is 5.07. The molecular weight excluding hydrogens is 236 g/mol. The van der Waals surface area contributed by atoms with Crippen LogP contribution in [0.5, 0.6) is 0 Å². The minimum absolute atomic E-state index is 0.272. The van der Waals surface area contributed by atoms with E-state index in [0.29, 0.717) is 0 Å². The smallest absolute Gasteiger partial charge is 0.120 e. The Balaban J connectivity index is 2.48. The Labute approximate surface area is 84.6 Å². The number of nitrogens with one attached hydrogen (secondary N) is 1. The molecule has 0 bridgehead atoms. The van der Waals surface area contributed by atoms with Crippen LogP contribution in [0.4, 0.5) is 0 Å². The van der Waals surface area contributed by atoms with Crippen LogP contribution in [0.1, 0.15) is 25.6 Å². The van der Waals surface area contributed by atoms with Gasteiger partial charge in [0.1, 0.15) is 10.5 Å². The summed E-state index contributed by atoms with van der Waals surface area (Å²) in [7, 11) is 0. The number of hydrogen-bond acceptors (Lipinski definition) is 2. The second kappa shape index (κ2) is 2.64. The molecule has 0 spiro atoms. The largest absolute Gasteiger partial charge is 0.333 e. The van der Waals surface area contributed by atoms with Crippen molar-refractivity contribution in [2.75, 3.05) is 0 Å². The topological polar surface area (TPSA) is 28.7 Å². The van der Waals surface area contributed by atoms with E-state index in [2.05, 4.69) is 32.8 Å². The van der Waals surface area contributed by atoms with Crippen molar-refractivity contribution in [3.63, 3.8) is 0 Å². The first-order valence-electron chi connectivity index (χ1n) is 3.87.